The predicted molar refractivity (Wildman–Crippen MR) is 90.3 cm³/mol. The number of carbonyl (C=O) groups is 1. The Hall–Kier alpha value is -2.87. The fourth-order valence-electron chi connectivity index (χ4n) is 2.33. The van der Waals surface area contributed by atoms with Gasteiger partial charge in [0.15, 0.2) is 5.78 Å². The van der Waals surface area contributed by atoms with Gasteiger partial charge in [0, 0.05) is 5.56 Å². The molecule has 0 fully saturated rings. The Bertz CT molecular complexity index is 830. The minimum absolute atomic E-state index is 0.00145. The van der Waals surface area contributed by atoms with Gasteiger partial charge in [-0.05, 0) is 40.6 Å². The Balaban J connectivity index is 1.81. The second kappa shape index (κ2) is 6.27. The van der Waals surface area contributed by atoms with Crippen molar-refractivity contribution >= 4 is 22.6 Å². The first kappa shape index (κ1) is 14.1. The highest BCUT2D eigenvalue weighted by Crippen LogP contribution is 2.17. The Kier molecular flexibility index (Phi) is 4.01. The summed E-state index contributed by atoms with van der Waals surface area (Å²) in [4.78, 5) is 12.3. The number of rotatable bonds is 4. The average Bonchev–Trinajstić information content (AvgIpc) is 2.59. The van der Waals surface area contributed by atoms with Crippen LogP contribution in [0.15, 0.2) is 72.8 Å². The van der Waals surface area contributed by atoms with E-state index in [0.717, 1.165) is 22.1 Å². The molecule has 2 nitrogen and oxygen atoms in total. The van der Waals surface area contributed by atoms with Crippen LogP contribution in [0.2, 0.25) is 0 Å². The van der Waals surface area contributed by atoms with Crippen molar-refractivity contribution in [3.05, 3.63) is 83.9 Å². The Morgan fingerprint density at radius 3 is 2.36 bits per heavy atom. The summed E-state index contributed by atoms with van der Waals surface area (Å²) in [6.45, 7) is 0. The van der Waals surface area contributed by atoms with E-state index in [4.69, 9.17) is 4.74 Å². The van der Waals surface area contributed by atoms with Crippen molar-refractivity contribution in [1.82, 2.24) is 0 Å². The van der Waals surface area contributed by atoms with Crippen LogP contribution in [-0.2, 0) is 0 Å². The van der Waals surface area contributed by atoms with Crippen molar-refractivity contribution in [1.29, 1.82) is 0 Å². The van der Waals surface area contributed by atoms with Crippen molar-refractivity contribution in [3.63, 3.8) is 0 Å². The predicted octanol–water partition coefficient (Wildman–Crippen LogP) is 4.74. The highest BCUT2D eigenvalue weighted by Gasteiger charge is 2.03. The molecule has 0 radical (unpaired) electrons. The molecule has 108 valence electrons. The van der Waals surface area contributed by atoms with Crippen LogP contribution < -0.4 is 4.74 Å². The van der Waals surface area contributed by atoms with E-state index >= 15 is 0 Å². The van der Waals surface area contributed by atoms with Gasteiger partial charge in [0.2, 0.25) is 0 Å². The first-order chi connectivity index (χ1) is 10.8. The van der Waals surface area contributed by atoms with E-state index < -0.39 is 0 Å². The van der Waals surface area contributed by atoms with E-state index in [1.54, 1.807) is 13.2 Å². The zero-order valence-corrected chi connectivity index (χ0v) is 12.3. The minimum atomic E-state index is 0.00145. The molecule has 3 aromatic rings. The molecule has 0 saturated carbocycles. The van der Waals surface area contributed by atoms with Gasteiger partial charge in [0.25, 0.3) is 0 Å². The van der Waals surface area contributed by atoms with Gasteiger partial charge in [-0.2, -0.15) is 0 Å². The Morgan fingerprint density at radius 2 is 1.64 bits per heavy atom. The molecular formula is C20H16O2. The fraction of sp³-hybridized carbons (Fsp3) is 0.0500. The van der Waals surface area contributed by atoms with E-state index in [2.05, 4.69) is 0 Å². The summed E-state index contributed by atoms with van der Waals surface area (Å²) in [6.07, 6.45) is 3.42. The monoisotopic (exact) mass is 288 g/mol. The maximum absolute atomic E-state index is 12.3. The smallest absolute Gasteiger partial charge is 0.185 e. The van der Waals surface area contributed by atoms with Crippen molar-refractivity contribution in [2.75, 3.05) is 7.11 Å². The SMILES string of the molecule is COc1ccc(/C=C/C(=O)c2ccc3ccccc3c2)cc1. The zero-order valence-electron chi connectivity index (χ0n) is 12.3. The molecule has 0 heterocycles. The van der Waals surface area contributed by atoms with E-state index in [1.165, 1.54) is 0 Å². The normalized spacial score (nSPS) is 11.0. The molecule has 2 heteroatoms. The van der Waals surface area contributed by atoms with Crippen LogP contribution in [0.5, 0.6) is 5.75 Å². The number of benzene rings is 3. The molecule has 0 aliphatic carbocycles. The molecule has 3 rings (SSSR count). The van der Waals surface area contributed by atoms with E-state index in [1.807, 2.05) is 72.8 Å². The topological polar surface area (TPSA) is 26.3 Å². The van der Waals surface area contributed by atoms with Gasteiger partial charge in [-0.1, -0.05) is 54.6 Å². The maximum atomic E-state index is 12.3. The van der Waals surface area contributed by atoms with Gasteiger partial charge in [-0.25, -0.2) is 0 Å². The van der Waals surface area contributed by atoms with Gasteiger partial charge in [-0.15, -0.1) is 0 Å². The molecule has 0 aromatic heterocycles. The molecule has 0 aliphatic rings. The molecule has 3 aromatic carbocycles. The number of allylic oxidation sites excluding steroid dienone is 1. The third-order valence-corrected chi connectivity index (χ3v) is 3.58. The standard InChI is InChI=1S/C20H16O2/c1-22-19-11-6-15(7-12-19)8-13-20(21)18-10-9-16-4-2-3-5-17(16)14-18/h2-14H,1H3/b13-8+. The van der Waals surface area contributed by atoms with Gasteiger partial charge in [0.1, 0.15) is 5.75 Å². The first-order valence-electron chi connectivity index (χ1n) is 7.11. The zero-order chi connectivity index (χ0) is 15.4. The van der Waals surface area contributed by atoms with Crippen LogP contribution in [0.25, 0.3) is 16.8 Å². The third kappa shape index (κ3) is 3.07. The lowest BCUT2D eigenvalue weighted by molar-refractivity contribution is 0.104. The van der Waals surface area contributed by atoms with E-state index in [0.29, 0.717) is 5.56 Å². The number of carbonyl (C=O) groups excluding carboxylic acids is 1. The highest BCUT2D eigenvalue weighted by molar-refractivity contribution is 6.08. The first-order valence-corrected chi connectivity index (χ1v) is 7.11. The second-order valence-electron chi connectivity index (χ2n) is 5.03. The van der Waals surface area contributed by atoms with Gasteiger partial charge >= 0.3 is 0 Å². The summed E-state index contributed by atoms with van der Waals surface area (Å²) in [7, 11) is 1.63. The number of methoxy groups -OCH3 is 1. The van der Waals surface area contributed by atoms with Crippen LogP contribution in [0.3, 0.4) is 0 Å². The largest absolute Gasteiger partial charge is 0.497 e. The van der Waals surface area contributed by atoms with Gasteiger partial charge in [0.05, 0.1) is 7.11 Å². The van der Waals surface area contributed by atoms with Crippen LogP contribution in [0.1, 0.15) is 15.9 Å². The summed E-state index contributed by atoms with van der Waals surface area (Å²) in [6, 6.07) is 21.4. The average molecular weight is 288 g/mol. The summed E-state index contributed by atoms with van der Waals surface area (Å²) in [5, 5.41) is 2.21. The van der Waals surface area contributed by atoms with Crippen LogP contribution >= 0.6 is 0 Å². The molecule has 0 saturated heterocycles. The van der Waals surface area contributed by atoms with Gasteiger partial charge in [-0.3, -0.25) is 4.79 Å². The van der Waals surface area contributed by atoms with Crippen molar-refractivity contribution < 1.29 is 9.53 Å². The summed E-state index contributed by atoms with van der Waals surface area (Å²) in [5.41, 5.74) is 1.67. The molecule has 0 atom stereocenters. The minimum Gasteiger partial charge on any atom is -0.497 e. The molecule has 0 spiro atoms. The molecule has 0 amide bonds. The fourth-order valence-corrected chi connectivity index (χ4v) is 2.33. The number of ketones is 1. The Labute approximate surface area is 129 Å². The Morgan fingerprint density at radius 1 is 0.909 bits per heavy atom. The number of hydrogen-bond acceptors (Lipinski definition) is 2. The third-order valence-electron chi connectivity index (χ3n) is 3.58. The van der Waals surface area contributed by atoms with E-state index in [9.17, 15) is 4.79 Å². The second-order valence-corrected chi connectivity index (χ2v) is 5.03. The maximum Gasteiger partial charge on any atom is 0.185 e. The lowest BCUT2D eigenvalue weighted by Crippen LogP contribution is -1.93. The van der Waals surface area contributed by atoms with Crippen LogP contribution in [0.4, 0.5) is 0 Å². The number of hydrogen-bond donors (Lipinski definition) is 0. The molecule has 0 aliphatic heterocycles. The lowest BCUT2D eigenvalue weighted by Gasteiger charge is -2.01. The van der Waals surface area contributed by atoms with E-state index in [-0.39, 0.29) is 5.78 Å². The van der Waals surface area contributed by atoms with Gasteiger partial charge < -0.3 is 4.74 Å². The molecular weight excluding hydrogens is 272 g/mol. The van der Waals surface area contributed by atoms with Crippen molar-refractivity contribution in [3.8, 4) is 5.75 Å². The molecule has 0 bridgehead atoms. The molecule has 0 N–H and O–H groups in total. The summed E-state index contributed by atoms with van der Waals surface area (Å²) >= 11 is 0. The molecule has 0 unspecified atom stereocenters. The molecule has 22 heavy (non-hydrogen) atoms. The number of fused-ring (bicyclic) bond motifs is 1. The summed E-state index contributed by atoms with van der Waals surface area (Å²) < 4.78 is 5.11. The summed E-state index contributed by atoms with van der Waals surface area (Å²) in [5.74, 6) is 0.805. The highest BCUT2D eigenvalue weighted by atomic mass is 16.5. The lowest BCUT2D eigenvalue weighted by atomic mass is 10.0. The van der Waals surface area contributed by atoms with Crippen molar-refractivity contribution in [2.24, 2.45) is 0 Å². The van der Waals surface area contributed by atoms with Crippen LogP contribution in [-0.4, -0.2) is 12.9 Å². The quantitative estimate of drug-likeness (QED) is 0.512. The van der Waals surface area contributed by atoms with Crippen molar-refractivity contribution in [2.45, 2.75) is 0 Å². The number of ether oxygens (including phenoxy) is 1. The van der Waals surface area contributed by atoms with Crippen LogP contribution in [0, 0.1) is 0 Å².